The van der Waals surface area contributed by atoms with E-state index in [1.165, 1.54) is 4.90 Å². The number of hydrogen-bond donors (Lipinski definition) is 1. The third-order valence-corrected chi connectivity index (χ3v) is 4.11. The van der Waals surface area contributed by atoms with E-state index in [-0.39, 0.29) is 24.4 Å². The van der Waals surface area contributed by atoms with Gasteiger partial charge >= 0.3 is 0 Å². The van der Waals surface area contributed by atoms with Crippen molar-refractivity contribution in [2.45, 2.75) is 30.8 Å². The van der Waals surface area contributed by atoms with Gasteiger partial charge in [0.1, 0.15) is 0 Å². The standard InChI is InChI=1S/C14H20N2OS.ClH/c1-10-9-16(11(2)8-15-10)14(17)12-4-6-13(18-3)7-5-12;/h4-7,10-11,15H,8-9H2,1-3H3;1H. The first-order chi connectivity index (χ1) is 8.61. The van der Waals surface area contributed by atoms with Crippen LogP contribution in [0.5, 0.6) is 0 Å². The fourth-order valence-electron chi connectivity index (χ4n) is 2.20. The molecule has 106 valence electrons. The van der Waals surface area contributed by atoms with Gasteiger partial charge in [0.15, 0.2) is 0 Å². The van der Waals surface area contributed by atoms with E-state index in [2.05, 4.69) is 19.2 Å². The second-order valence-corrected chi connectivity index (χ2v) is 5.72. The highest BCUT2D eigenvalue weighted by atomic mass is 35.5. The van der Waals surface area contributed by atoms with Gasteiger partial charge in [0, 0.05) is 35.6 Å². The maximum absolute atomic E-state index is 12.4. The Morgan fingerprint density at radius 2 is 1.95 bits per heavy atom. The zero-order chi connectivity index (χ0) is 13.1. The first kappa shape index (κ1) is 16.3. The molecule has 0 radical (unpaired) electrons. The van der Waals surface area contributed by atoms with Gasteiger partial charge in [-0.25, -0.2) is 0 Å². The molecule has 1 aromatic rings. The Hall–Kier alpha value is -0.710. The van der Waals surface area contributed by atoms with E-state index in [1.54, 1.807) is 11.8 Å². The number of amides is 1. The van der Waals surface area contributed by atoms with Gasteiger partial charge in [0.05, 0.1) is 0 Å². The van der Waals surface area contributed by atoms with Gasteiger partial charge in [-0.2, -0.15) is 0 Å². The second-order valence-electron chi connectivity index (χ2n) is 4.84. The lowest BCUT2D eigenvalue weighted by Gasteiger charge is -2.37. The minimum atomic E-state index is 0. The van der Waals surface area contributed by atoms with Crippen LogP contribution < -0.4 is 5.32 Å². The van der Waals surface area contributed by atoms with Gasteiger partial charge in [0.2, 0.25) is 0 Å². The van der Waals surface area contributed by atoms with Crippen molar-refractivity contribution in [2.24, 2.45) is 0 Å². The average Bonchev–Trinajstić information content (AvgIpc) is 2.41. The number of piperazine rings is 1. The summed E-state index contributed by atoms with van der Waals surface area (Å²) in [5, 5.41) is 3.39. The molecule has 2 rings (SSSR count). The normalized spacial score (nSPS) is 22.8. The van der Waals surface area contributed by atoms with Crippen molar-refractivity contribution in [3.63, 3.8) is 0 Å². The molecule has 1 amide bonds. The lowest BCUT2D eigenvalue weighted by atomic mass is 10.1. The Kier molecular flexibility index (Phi) is 6.17. The van der Waals surface area contributed by atoms with Crippen molar-refractivity contribution in [1.82, 2.24) is 10.2 Å². The molecular weight excluding hydrogens is 280 g/mol. The van der Waals surface area contributed by atoms with Crippen molar-refractivity contribution < 1.29 is 4.79 Å². The van der Waals surface area contributed by atoms with Crippen LogP contribution in [0.3, 0.4) is 0 Å². The molecule has 1 fully saturated rings. The van der Waals surface area contributed by atoms with E-state index in [4.69, 9.17) is 0 Å². The van der Waals surface area contributed by atoms with Gasteiger partial charge in [0.25, 0.3) is 5.91 Å². The summed E-state index contributed by atoms with van der Waals surface area (Å²) in [6.07, 6.45) is 2.04. The smallest absolute Gasteiger partial charge is 0.254 e. The van der Waals surface area contributed by atoms with Crippen LogP contribution in [0, 0.1) is 0 Å². The van der Waals surface area contributed by atoms with E-state index < -0.39 is 0 Å². The topological polar surface area (TPSA) is 32.3 Å². The predicted octanol–water partition coefficient (Wildman–Crippen LogP) is 2.65. The van der Waals surface area contributed by atoms with Crippen LogP contribution in [0.15, 0.2) is 29.2 Å². The Bertz CT molecular complexity index is 424. The number of benzene rings is 1. The maximum Gasteiger partial charge on any atom is 0.254 e. The number of hydrogen-bond acceptors (Lipinski definition) is 3. The highest BCUT2D eigenvalue weighted by Gasteiger charge is 2.27. The van der Waals surface area contributed by atoms with Crippen LogP contribution in [0.4, 0.5) is 0 Å². The molecule has 5 heteroatoms. The molecule has 2 unspecified atom stereocenters. The molecule has 3 nitrogen and oxygen atoms in total. The van der Waals surface area contributed by atoms with Crippen molar-refractivity contribution in [1.29, 1.82) is 0 Å². The van der Waals surface area contributed by atoms with Gasteiger partial charge < -0.3 is 10.2 Å². The molecule has 1 N–H and O–H groups in total. The van der Waals surface area contributed by atoms with E-state index in [1.807, 2.05) is 35.4 Å². The molecule has 1 aromatic carbocycles. The molecule has 1 heterocycles. The zero-order valence-electron chi connectivity index (χ0n) is 11.6. The number of nitrogens with one attached hydrogen (secondary N) is 1. The number of thioether (sulfide) groups is 1. The quantitative estimate of drug-likeness (QED) is 0.852. The van der Waals surface area contributed by atoms with Crippen LogP contribution in [-0.4, -0.2) is 42.2 Å². The summed E-state index contributed by atoms with van der Waals surface area (Å²) in [5.74, 6) is 0.142. The summed E-state index contributed by atoms with van der Waals surface area (Å²) in [4.78, 5) is 15.6. The Morgan fingerprint density at radius 3 is 2.53 bits per heavy atom. The Morgan fingerprint density at radius 1 is 1.32 bits per heavy atom. The SMILES string of the molecule is CSc1ccc(C(=O)N2CC(C)NCC2C)cc1.Cl. The third kappa shape index (κ3) is 3.88. The summed E-state index contributed by atoms with van der Waals surface area (Å²) in [5.41, 5.74) is 0.786. The van der Waals surface area contributed by atoms with Gasteiger partial charge in [-0.3, -0.25) is 4.79 Å². The molecule has 1 aliphatic rings. The largest absolute Gasteiger partial charge is 0.333 e. The first-order valence-electron chi connectivity index (χ1n) is 6.30. The van der Waals surface area contributed by atoms with Crippen LogP contribution in [0.1, 0.15) is 24.2 Å². The lowest BCUT2D eigenvalue weighted by molar-refractivity contribution is 0.0616. The van der Waals surface area contributed by atoms with E-state index >= 15 is 0 Å². The molecule has 1 saturated heterocycles. The summed E-state index contributed by atoms with van der Waals surface area (Å²) >= 11 is 1.69. The van der Waals surface area contributed by atoms with Crippen LogP contribution >= 0.6 is 24.2 Å². The number of rotatable bonds is 2. The molecule has 19 heavy (non-hydrogen) atoms. The number of halogens is 1. The van der Waals surface area contributed by atoms with E-state index in [0.29, 0.717) is 6.04 Å². The van der Waals surface area contributed by atoms with Crippen molar-refractivity contribution in [2.75, 3.05) is 19.3 Å². The zero-order valence-corrected chi connectivity index (χ0v) is 13.2. The second kappa shape index (κ2) is 7.17. The minimum Gasteiger partial charge on any atom is -0.333 e. The molecule has 0 aromatic heterocycles. The monoisotopic (exact) mass is 300 g/mol. The summed E-state index contributed by atoms with van der Waals surface area (Å²) < 4.78 is 0. The fraction of sp³-hybridized carbons (Fsp3) is 0.500. The van der Waals surface area contributed by atoms with Gasteiger partial charge in [-0.15, -0.1) is 24.2 Å². The lowest BCUT2D eigenvalue weighted by Crippen LogP contribution is -2.56. The molecule has 0 spiro atoms. The number of nitrogens with zero attached hydrogens (tertiary/aromatic N) is 1. The van der Waals surface area contributed by atoms with Crippen LogP contribution in [-0.2, 0) is 0 Å². The molecule has 0 bridgehead atoms. The predicted molar refractivity (Wildman–Crippen MR) is 83.4 cm³/mol. The minimum absolute atomic E-state index is 0. The van der Waals surface area contributed by atoms with Crippen molar-refractivity contribution >= 4 is 30.1 Å². The molecule has 0 saturated carbocycles. The Labute approximate surface area is 125 Å². The van der Waals surface area contributed by atoms with Gasteiger partial charge in [-0.05, 0) is 44.4 Å². The fourth-order valence-corrected chi connectivity index (χ4v) is 2.61. The van der Waals surface area contributed by atoms with Crippen LogP contribution in [0.25, 0.3) is 0 Å². The third-order valence-electron chi connectivity index (χ3n) is 3.36. The maximum atomic E-state index is 12.4. The highest BCUT2D eigenvalue weighted by molar-refractivity contribution is 7.98. The molecular formula is C14H21ClN2OS. The van der Waals surface area contributed by atoms with Crippen LogP contribution in [0.2, 0.25) is 0 Å². The highest BCUT2D eigenvalue weighted by Crippen LogP contribution is 2.17. The van der Waals surface area contributed by atoms with E-state index in [9.17, 15) is 4.79 Å². The molecule has 1 aliphatic heterocycles. The molecule has 2 atom stereocenters. The molecule has 0 aliphatic carbocycles. The van der Waals surface area contributed by atoms with Crippen molar-refractivity contribution in [3.8, 4) is 0 Å². The summed E-state index contributed by atoms with van der Waals surface area (Å²) in [7, 11) is 0. The summed E-state index contributed by atoms with van der Waals surface area (Å²) in [6, 6.07) is 8.49. The Balaban J connectivity index is 0.00000180. The number of carbonyl (C=O) groups excluding carboxylic acids is 1. The first-order valence-corrected chi connectivity index (χ1v) is 7.52. The summed E-state index contributed by atoms with van der Waals surface area (Å²) in [6.45, 7) is 5.86. The van der Waals surface area contributed by atoms with Crippen molar-refractivity contribution in [3.05, 3.63) is 29.8 Å². The average molecular weight is 301 g/mol. The van der Waals surface area contributed by atoms with E-state index in [0.717, 1.165) is 18.7 Å². The number of carbonyl (C=O) groups is 1. The van der Waals surface area contributed by atoms with Gasteiger partial charge in [-0.1, -0.05) is 0 Å².